The summed E-state index contributed by atoms with van der Waals surface area (Å²) in [5, 5.41) is 53.8. The van der Waals surface area contributed by atoms with Gasteiger partial charge in [0.25, 0.3) is 0 Å². The summed E-state index contributed by atoms with van der Waals surface area (Å²) < 4.78 is 0. The van der Waals surface area contributed by atoms with Gasteiger partial charge in [-0.05, 0) is 56.3 Å². The van der Waals surface area contributed by atoms with Gasteiger partial charge in [-0.15, -0.1) is 0 Å². The number of aliphatic hydroxyl groups is 1. The van der Waals surface area contributed by atoms with Crippen LogP contribution in [0.25, 0.3) is 0 Å². The van der Waals surface area contributed by atoms with Gasteiger partial charge in [-0.3, -0.25) is 52.7 Å². The van der Waals surface area contributed by atoms with E-state index in [4.69, 9.17) is 5.73 Å². The highest BCUT2D eigenvalue weighted by Crippen LogP contribution is 2.12. The Labute approximate surface area is 480 Å². The van der Waals surface area contributed by atoms with Crippen molar-refractivity contribution in [3.05, 3.63) is 36.4 Å². The van der Waals surface area contributed by atoms with Gasteiger partial charge >= 0.3 is 11.9 Å². The van der Waals surface area contributed by atoms with E-state index in [9.17, 15) is 72.9 Å². The van der Waals surface area contributed by atoms with Crippen LogP contribution in [-0.4, -0.2) is 186 Å². The molecule has 30 nitrogen and oxygen atoms in total. The van der Waals surface area contributed by atoms with Crippen LogP contribution in [-0.2, 0) is 70.4 Å². The first-order valence-electron chi connectivity index (χ1n) is 26.8. The molecule has 2 heterocycles. The number of carboxylic acid groups (broad SMARTS) is 2. The topological polar surface area (TPSA) is 469 Å². The van der Waals surface area contributed by atoms with Crippen molar-refractivity contribution in [3.63, 3.8) is 0 Å². The highest BCUT2D eigenvalue weighted by molar-refractivity contribution is 7.80. The van der Waals surface area contributed by atoms with Crippen molar-refractivity contribution in [2.75, 3.05) is 18.9 Å². The lowest BCUT2D eigenvalue weighted by Gasteiger charge is -2.29. The number of aromatic nitrogens is 4. The van der Waals surface area contributed by atoms with Gasteiger partial charge in [0.2, 0.25) is 59.1 Å². The number of hydrogen-bond acceptors (Lipinski definition) is 17. The van der Waals surface area contributed by atoms with Crippen LogP contribution in [0.15, 0.2) is 25.0 Å². The molecule has 0 aliphatic heterocycles. The molecule has 31 heteroatoms. The third-order valence-corrected chi connectivity index (χ3v) is 12.7. The largest absolute Gasteiger partial charge is 0.481 e. The van der Waals surface area contributed by atoms with Crippen molar-refractivity contribution in [1.82, 2.24) is 73.1 Å². The molecule has 2 rings (SSSR count). The molecule has 0 bridgehead atoms. The number of carbonyl (C=O) groups is 12. The molecule has 0 aromatic carbocycles. The van der Waals surface area contributed by atoms with Gasteiger partial charge in [0.1, 0.15) is 54.4 Å². The second kappa shape index (κ2) is 35.2. The molecule has 82 heavy (non-hydrogen) atoms. The molecule has 17 N–H and O–H groups in total. The van der Waals surface area contributed by atoms with Gasteiger partial charge in [-0.25, -0.2) is 14.8 Å². The molecule has 2 aromatic heterocycles. The lowest BCUT2D eigenvalue weighted by atomic mass is 9.98. The molecule has 458 valence electrons. The summed E-state index contributed by atoms with van der Waals surface area (Å²) in [6.45, 7) is 13.2. The summed E-state index contributed by atoms with van der Waals surface area (Å²) in [4.78, 5) is 172. The Morgan fingerprint density at radius 2 is 0.976 bits per heavy atom. The zero-order valence-corrected chi connectivity index (χ0v) is 48.5. The van der Waals surface area contributed by atoms with Crippen molar-refractivity contribution in [2.45, 2.75) is 168 Å². The number of aromatic amines is 2. The van der Waals surface area contributed by atoms with Crippen LogP contribution in [0.3, 0.4) is 0 Å². The Balaban J connectivity index is 2.21. The summed E-state index contributed by atoms with van der Waals surface area (Å²) in [7, 11) is 0. The maximum Gasteiger partial charge on any atom is 0.326 e. The number of amides is 10. The normalized spacial score (nSPS) is 15.0. The van der Waals surface area contributed by atoms with Crippen LogP contribution in [0.1, 0.15) is 106 Å². The van der Waals surface area contributed by atoms with Crippen molar-refractivity contribution in [2.24, 2.45) is 29.4 Å². The first-order chi connectivity index (χ1) is 38.5. The minimum Gasteiger partial charge on any atom is -0.481 e. The van der Waals surface area contributed by atoms with E-state index in [1.807, 2.05) is 13.8 Å². The molecule has 0 saturated heterocycles. The number of aliphatic hydroxyl groups excluding tert-OH is 1. The van der Waals surface area contributed by atoms with Crippen LogP contribution >= 0.6 is 12.6 Å². The number of nitrogens with one attached hydrogen (secondary N) is 12. The predicted molar refractivity (Wildman–Crippen MR) is 297 cm³/mol. The fourth-order valence-electron chi connectivity index (χ4n) is 7.93. The first-order valence-corrected chi connectivity index (χ1v) is 27.5. The summed E-state index contributed by atoms with van der Waals surface area (Å²) in [5.41, 5.74) is 6.99. The molecule has 0 spiro atoms. The molecule has 0 aliphatic rings. The summed E-state index contributed by atoms with van der Waals surface area (Å²) in [6.07, 6.45) is 4.62. The SMILES string of the molecule is CC(C)C[C@H](NC(=O)[C@H](C)NC(=O)[C@H](CCC(=O)O)NC(=O)[C@@H](NC(=O)[C@H](CC(C)C)NC(=O)[C@H](Cc1cnc[nH]1)NC(=O)[C@H](CO)NC(=O)CNC(=O)[C@H](CS)NC(=O)[C@H](CC(C)C)NC(=O)[C@@H](N)Cc1cnc[nH]1)C(C)C)C(=O)O. The summed E-state index contributed by atoms with van der Waals surface area (Å²) in [5.74, 6) is -12.8. The van der Waals surface area contributed by atoms with E-state index in [1.54, 1.807) is 41.5 Å². The van der Waals surface area contributed by atoms with Crippen LogP contribution in [0, 0.1) is 23.7 Å². The molecule has 0 saturated carbocycles. The lowest BCUT2D eigenvalue weighted by molar-refractivity contribution is -0.142. The summed E-state index contributed by atoms with van der Waals surface area (Å²) in [6, 6.07) is -13.6. The molecule has 0 radical (unpaired) electrons. The van der Waals surface area contributed by atoms with E-state index in [0.29, 0.717) is 11.4 Å². The average molecular weight is 1180 g/mol. The number of aliphatic carboxylic acids is 2. The van der Waals surface area contributed by atoms with Gasteiger partial charge < -0.3 is 84.2 Å². The Bertz CT molecular complexity index is 2460. The zero-order valence-electron chi connectivity index (χ0n) is 47.6. The predicted octanol–water partition coefficient (Wildman–Crippen LogP) is -3.59. The maximum absolute atomic E-state index is 14.2. The average Bonchev–Trinajstić information content (AvgIpc) is 4.16. The van der Waals surface area contributed by atoms with Gasteiger partial charge in [-0.1, -0.05) is 55.4 Å². The third-order valence-electron chi connectivity index (χ3n) is 12.3. The van der Waals surface area contributed by atoms with E-state index < -0.39 is 163 Å². The molecule has 0 unspecified atom stereocenters. The highest BCUT2D eigenvalue weighted by atomic mass is 32.1. The van der Waals surface area contributed by atoms with Crippen LogP contribution in [0.4, 0.5) is 0 Å². The van der Waals surface area contributed by atoms with Crippen molar-refractivity contribution in [1.29, 1.82) is 0 Å². The summed E-state index contributed by atoms with van der Waals surface area (Å²) >= 11 is 4.17. The fourth-order valence-corrected chi connectivity index (χ4v) is 8.19. The smallest absolute Gasteiger partial charge is 0.326 e. The van der Waals surface area contributed by atoms with E-state index in [1.165, 1.54) is 32.0 Å². The second-order valence-electron chi connectivity index (χ2n) is 21.4. The third kappa shape index (κ3) is 25.4. The van der Waals surface area contributed by atoms with Crippen molar-refractivity contribution >= 4 is 83.6 Å². The van der Waals surface area contributed by atoms with Crippen LogP contribution < -0.4 is 58.9 Å². The number of carbonyl (C=O) groups excluding carboxylic acids is 10. The Kier molecular flexibility index (Phi) is 30.3. The monoisotopic (exact) mass is 1180 g/mol. The standard InChI is InChI=1S/C51H83N15O15S/c1-24(2)12-33(61-43(72)31(52)15-29-17-53-22-56-29)46(75)65-38(21-82)44(73)55-19-39(68)59-37(20-67)49(78)63-35(16-30-18-54-23-57-30)47(76)62-34(13-25(3)4)48(77)66-41(27(7)8)50(79)60-32(10-11-40(69)70)45(74)58-28(9)42(71)64-36(51(80)81)14-26(5)6/h17-18,22-28,31-38,41,67,82H,10-16,19-21,52H2,1-9H3,(H,53,56)(H,54,57)(H,55,73)(H,58,74)(H,59,68)(H,60,79)(H,61,72)(H,62,76)(H,63,78)(H,64,71)(H,65,75)(H,66,77)(H,69,70)(H,80,81)/t28-,31-,32-,33-,34-,35-,36-,37-,38-,41-/m0/s1. The zero-order chi connectivity index (χ0) is 62.0. The number of H-pyrrole nitrogens is 2. The van der Waals surface area contributed by atoms with E-state index >= 15 is 0 Å². The molecular weight excluding hydrogens is 1090 g/mol. The maximum atomic E-state index is 14.2. The quantitative estimate of drug-likeness (QED) is 0.0291. The minimum absolute atomic E-state index is 0.0197. The Morgan fingerprint density at radius 1 is 0.524 bits per heavy atom. The van der Waals surface area contributed by atoms with E-state index in [-0.39, 0.29) is 55.6 Å². The fraction of sp³-hybridized carbons (Fsp3) is 0.647. The Morgan fingerprint density at radius 3 is 1.46 bits per heavy atom. The number of rotatable bonds is 37. The van der Waals surface area contributed by atoms with Crippen molar-refractivity contribution < 1.29 is 72.9 Å². The minimum atomic E-state index is -1.71. The van der Waals surface area contributed by atoms with E-state index in [0.717, 1.165) is 0 Å². The van der Waals surface area contributed by atoms with E-state index in [2.05, 4.69) is 85.7 Å². The molecule has 10 atom stereocenters. The Hall–Kier alpha value is -7.67. The molecule has 10 amide bonds. The van der Waals surface area contributed by atoms with Crippen LogP contribution in [0.2, 0.25) is 0 Å². The van der Waals surface area contributed by atoms with Crippen molar-refractivity contribution in [3.8, 4) is 0 Å². The molecular formula is C51H83N15O15S. The van der Waals surface area contributed by atoms with Gasteiger partial charge in [0.05, 0.1) is 31.8 Å². The van der Waals surface area contributed by atoms with Gasteiger partial charge in [0, 0.05) is 48.8 Å². The number of nitrogens with zero attached hydrogens (tertiary/aromatic N) is 2. The number of hydrogen-bond donors (Lipinski definition) is 17. The first kappa shape index (κ1) is 70.4. The molecule has 2 aromatic rings. The lowest BCUT2D eigenvalue weighted by Crippen LogP contribution is -2.61. The molecule has 0 aliphatic carbocycles. The number of carboxylic acids is 2. The molecule has 0 fully saturated rings. The van der Waals surface area contributed by atoms with Gasteiger partial charge in [0.15, 0.2) is 0 Å². The van der Waals surface area contributed by atoms with Gasteiger partial charge in [-0.2, -0.15) is 12.6 Å². The van der Waals surface area contributed by atoms with Crippen LogP contribution in [0.5, 0.6) is 0 Å². The number of imidazole rings is 2. The number of thiol groups is 1. The number of nitrogens with two attached hydrogens (primary N) is 1. The highest BCUT2D eigenvalue weighted by Gasteiger charge is 2.36. The second-order valence-corrected chi connectivity index (χ2v) is 21.7.